The smallest absolute Gasteiger partial charge is 0.303 e. The lowest BCUT2D eigenvalue weighted by Gasteiger charge is -2.27. The Morgan fingerprint density at radius 3 is 2.55 bits per heavy atom. The molecule has 0 aliphatic rings. The first-order chi connectivity index (χ1) is 9.34. The van der Waals surface area contributed by atoms with E-state index >= 15 is 0 Å². The fourth-order valence-electron chi connectivity index (χ4n) is 1.99. The van der Waals surface area contributed by atoms with E-state index in [4.69, 9.17) is 16.7 Å². The maximum absolute atomic E-state index is 12.6. The highest BCUT2D eigenvalue weighted by molar-refractivity contribution is 6.31. The van der Waals surface area contributed by atoms with E-state index in [0.29, 0.717) is 23.6 Å². The van der Waals surface area contributed by atoms with Crippen LogP contribution in [0.3, 0.4) is 0 Å². The number of carbonyl (C=O) groups excluding carboxylic acids is 1. The van der Waals surface area contributed by atoms with Crippen molar-refractivity contribution in [3.05, 3.63) is 34.3 Å². The van der Waals surface area contributed by atoms with Crippen molar-refractivity contribution in [3.8, 4) is 0 Å². The first-order valence-electron chi connectivity index (χ1n) is 6.62. The number of amides is 1. The maximum Gasteiger partial charge on any atom is 0.303 e. The number of carbonyl (C=O) groups is 2. The number of carboxylic acids is 1. The lowest BCUT2D eigenvalue weighted by molar-refractivity contribution is -0.137. The second kappa shape index (κ2) is 7.29. The zero-order valence-electron chi connectivity index (χ0n) is 12.0. The number of nitrogens with zero attached hydrogens (tertiary/aromatic N) is 1. The minimum atomic E-state index is -0.847. The van der Waals surface area contributed by atoms with Gasteiger partial charge >= 0.3 is 5.97 Å². The van der Waals surface area contributed by atoms with E-state index in [1.54, 1.807) is 23.1 Å². The molecule has 0 fully saturated rings. The highest BCUT2D eigenvalue weighted by atomic mass is 35.5. The van der Waals surface area contributed by atoms with Crippen LogP contribution in [0, 0.1) is 6.92 Å². The SMILES string of the molecule is Cc1c(Cl)cccc1C(=O)N(CCCC(=O)O)C(C)C. The van der Waals surface area contributed by atoms with Gasteiger partial charge in [0.2, 0.25) is 0 Å². The minimum absolute atomic E-state index is 0.00896. The minimum Gasteiger partial charge on any atom is -0.481 e. The van der Waals surface area contributed by atoms with E-state index in [9.17, 15) is 9.59 Å². The second-order valence-electron chi connectivity index (χ2n) is 5.00. The van der Waals surface area contributed by atoms with Gasteiger partial charge < -0.3 is 10.0 Å². The van der Waals surface area contributed by atoms with Crippen LogP contribution in [0.1, 0.15) is 42.6 Å². The van der Waals surface area contributed by atoms with Gasteiger partial charge in [0.1, 0.15) is 0 Å². The normalized spacial score (nSPS) is 10.7. The summed E-state index contributed by atoms with van der Waals surface area (Å²) in [5.74, 6) is -0.953. The van der Waals surface area contributed by atoms with E-state index in [-0.39, 0.29) is 18.4 Å². The molecule has 0 radical (unpaired) electrons. The average molecular weight is 298 g/mol. The number of rotatable bonds is 6. The van der Waals surface area contributed by atoms with Gasteiger partial charge in [-0.3, -0.25) is 9.59 Å². The van der Waals surface area contributed by atoms with Crippen LogP contribution in [-0.2, 0) is 4.79 Å². The summed E-state index contributed by atoms with van der Waals surface area (Å²) in [5.41, 5.74) is 1.32. The Balaban J connectivity index is 2.88. The quantitative estimate of drug-likeness (QED) is 0.876. The Labute approximate surface area is 124 Å². The lowest BCUT2D eigenvalue weighted by atomic mass is 10.1. The summed E-state index contributed by atoms with van der Waals surface area (Å²) in [5, 5.41) is 9.24. The number of hydrogen-bond donors (Lipinski definition) is 1. The van der Waals surface area contributed by atoms with Crippen molar-refractivity contribution < 1.29 is 14.7 Å². The Bertz CT molecular complexity index is 500. The molecule has 1 amide bonds. The third-order valence-electron chi connectivity index (χ3n) is 3.17. The second-order valence-corrected chi connectivity index (χ2v) is 5.41. The van der Waals surface area contributed by atoms with Gasteiger partial charge in [0.15, 0.2) is 0 Å². The molecule has 4 nitrogen and oxygen atoms in total. The highest BCUT2D eigenvalue weighted by Gasteiger charge is 2.20. The molecule has 5 heteroatoms. The van der Waals surface area contributed by atoms with Gasteiger partial charge in [0.25, 0.3) is 5.91 Å². The molecule has 0 aromatic heterocycles. The number of benzene rings is 1. The predicted octanol–water partition coefficient (Wildman–Crippen LogP) is 3.36. The summed E-state index contributed by atoms with van der Waals surface area (Å²) >= 11 is 6.04. The average Bonchev–Trinajstić information content (AvgIpc) is 2.36. The van der Waals surface area contributed by atoms with Crippen LogP contribution in [-0.4, -0.2) is 34.5 Å². The van der Waals surface area contributed by atoms with Gasteiger partial charge in [-0.05, 0) is 44.9 Å². The van der Waals surface area contributed by atoms with Crippen molar-refractivity contribution in [2.45, 2.75) is 39.7 Å². The van der Waals surface area contributed by atoms with Gasteiger partial charge in [-0.15, -0.1) is 0 Å². The molecule has 0 heterocycles. The van der Waals surface area contributed by atoms with Crippen LogP contribution in [0.5, 0.6) is 0 Å². The van der Waals surface area contributed by atoms with Crippen LogP contribution in [0.2, 0.25) is 5.02 Å². The summed E-state index contributed by atoms with van der Waals surface area (Å²) in [6, 6.07) is 5.25. The fraction of sp³-hybridized carbons (Fsp3) is 0.467. The van der Waals surface area contributed by atoms with Gasteiger partial charge in [-0.2, -0.15) is 0 Å². The molecule has 0 aliphatic heterocycles. The molecular formula is C15H20ClNO3. The Hall–Kier alpha value is -1.55. The van der Waals surface area contributed by atoms with Gasteiger partial charge in [0, 0.05) is 29.6 Å². The van der Waals surface area contributed by atoms with Gasteiger partial charge in [-0.25, -0.2) is 0 Å². The highest BCUT2D eigenvalue weighted by Crippen LogP contribution is 2.21. The molecule has 1 aromatic carbocycles. The van der Waals surface area contributed by atoms with E-state index in [1.807, 2.05) is 20.8 Å². The summed E-state index contributed by atoms with van der Waals surface area (Å²) in [4.78, 5) is 24.8. The van der Waals surface area contributed by atoms with Crippen LogP contribution < -0.4 is 0 Å². The monoisotopic (exact) mass is 297 g/mol. The summed E-state index contributed by atoms with van der Waals surface area (Å²) < 4.78 is 0. The maximum atomic E-state index is 12.6. The fourth-order valence-corrected chi connectivity index (χ4v) is 2.16. The molecule has 0 spiro atoms. The Kier molecular flexibility index (Phi) is 6.02. The molecule has 0 aliphatic carbocycles. The molecule has 1 rings (SSSR count). The van der Waals surface area contributed by atoms with Crippen molar-refractivity contribution in [2.75, 3.05) is 6.54 Å². The van der Waals surface area contributed by atoms with Crippen molar-refractivity contribution in [1.29, 1.82) is 0 Å². The van der Waals surface area contributed by atoms with Crippen molar-refractivity contribution >= 4 is 23.5 Å². The summed E-state index contributed by atoms with van der Waals surface area (Å²) in [6.45, 7) is 6.07. The zero-order chi connectivity index (χ0) is 15.3. The molecular weight excluding hydrogens is 278 g/mol. The van der Waals surface area contributed by atoms with Crippen LogP contribution >= 0.6 is 11.6 Å². The number of hydrogen-bond acceptors (Lipinski definition) is 2. The topological polar surface area (TPSA) is 57.6 Å². The molecule has 0 bridgehead atoms. The summed E-state index contributed by atoms with van der Waals surface area (Å²) in [6.07, 6.45) is 0.504. The predicted molar refractivity (Wildman–Crippen MR) is 79.2 cm³/mol. The molecule has 1 N–H and O–H groups in total. The molecule has 1 aromatic rings. The largest absolute Gasteiger partial charge is 0.481 e. The molecule has 110 valence electrons. The third-order valence-corrected chi connectivity index (χ3v) is 3.58. The van der Waals surface area contributed by atoms with Gasteiger partial charge in [-0.1, -0.05) is 17.7 Å². The molecule has 20 heavy (non-hydrogen) atoms. The molecule has 0 saturated heterocycles. The first-order valence-corrected chi connectivity index (χ1v) is 7.00. The van der Waals surface area contributed by atoms with Crippen LogP contribution in [0.15, 0.2) is 18.2 Å². The lowest BCUT2D eigenvalue weighted by Crippen LogP contribution is -2.38. The van der Waals surface area contributed by atoms with Crippen molar-refractivity contribution in [1.82, 2.24) is 4.90 Å². The zero-order valence-corrected chi connectivity index (χ0v) is 12.8. The van der Waals surface area contributed by atoms with Gasteiger partial charge in [0.05, 0.1) is 0 Å². The Morgan fingerprint density at radius 1 is 1.35 bits per heavy atom. The summed E-state index contributed by atoms with van der Waals surface area (Å²) in [7, 11) is 0. The van der Waals surface area contributed by atoms with Crippen molar-refractivity contribution in [3.63, 3.8) is 0 Å². The van der Waals surface area contributed by atoms with Crippen LogP contribution in [0.25, 0.3) is 0 Å². The number of carboxylic acid groups (broad SMARTS) is 1. The van der Waals surface area contributed by atoms with E-state index in [1.165, 1.54) is 0 Å². The molecule has 0 unspecified atom stereocenters. The number of halogens is 1. The Morgan fingerprint density at radius 2 is 2.00 bits per heavy atom. The van der Waals surface area contributed by atoms with E-state index < -0.39 is 5.97 Å². The van der Waals surface area contributed by atoms with Crippen LogP contribution in [0.4, 0.5) is 0 Å². The third kappa shape index (κ3) is 4.23. The number of aliphatic carboxylic acids is 1. The standard InChI is InChI=1S/C15H20ClNO3/c1-10(2)17(9-5-8-14(18)19)15(20)12-6-4-7-13(16)11(12)3/h4,6-7,10H,5,8-9H2,1-3H3,(H,18,19). The van der Waals surface area contributed by atoms with Crippen molar-refractivity contribution in [2.24, 2.45) is 0 Å². The first kappa shape index (κ1) is 16.5. The molecule has 0 saturated carbocycles. The molecule has 0 atom stereocenters. The van der Waals surface area contributed by atoms with E-state index in [0.717, 1.165) is 5.56 Å². The van der Waals surface area contributed by atoms with E-state index in [2.05, 4.69) is 0 Å².